The largest absolute Gasteiger partial charge is 0.348 e. The number of amides is 1. The van der Waals surface area contributed by atoms with Gasteiger partial charge in [0.25, 0.3) is 5.91 Å². The number of nitrogens with zero attached hydrogens (tertiary/aromatic N) is 2. The van der Waals surface area contributed by atoms with Crippen LogP contribution in [0.5, 0.6) is 0 Å². The molecule has 2 rings (SSSR count). The zero-order valence-corrected chi connectivity index (χ0v) is 11.7. The highest BCUT2D eigenvalue weighted by molar-refractivity contribution is 6.33. The monoisotopic (exact) mass is 295 g/mol. The first-order valence-electron chi connectivity index (χ1n) is 5.57. The summed E-state index contributed by atoms with van der Waals surface area (Å²) in [5.41, 5.74) is 2.23. The number of aryl methyl sites for hydroxylation is 1. The van der Waals surface area contributed by atoms with E-state index in [1.165, 1.54) is 12.1 Å². The maximum Gasteiger partial charge on any atom is 0.251 e. The fraction of sp³-hybridized carbons (Fsp3) is 0.154. The van der Waals surface area contributed by atoms with E-state index in [2.05, 4.69) is 15.3 Å². The van der Waals surface area contributed by atoms with Crippen LogP contribution in [0.25, 0.3) is 0 Å². The van der Waals surface area contributed by atoms with Crippen LogP contribution in [0, 0.1) is 6.92 Å². The van der Waals surface area contributed by atoms with Crippen LogP contribution in [0.15, 0.2) is 30.5 Å². The van der Waals surface area contributed by atoms with Crippen molar-refractivity contribution in [1.29, 1.82) is 0 Å². The quantitative estimate of drug-likeness (QED) is 0.886. The first-order valence-corrected chi connectivity index (χ1v) is 6.33. The molecule has 0 aliphatic rings. The highest BCUT2D eigenvalue weighted by Crippen LogP contribution is 2.14. The maximum absolute atomic E-state index is 11.9. The highest BCUT2D eigenvalue weighted by Gasteiger charge is 2.08. The van der Waals surface area contributed by atoms with E-state index < -0.39 is 0 Å². The van der Waals surface area contributed by atoms with Crippen LogP contribution in [0.1, 0.15) is 21.6 Å². The summed E-state index contributed by atoms with van der Waals surface area (Å²) in [5, 5.41) is 3.14. The lowest BCUT2D eigenvalue weighted by Gasteiger charge is -2.06. The molecule has 0 spiro atoms. The Hall–Kier alpha value is -1.65. The third kappa shape index (κ3) is 3.91. The molecule has 0 fully saturated rings. The van der Waals surface area contributed by atoms with Gasteiger partial charge in [-0.2, -0.15) is 0 Å². The molecule has 0 unspecified atom stereocenters. The number of pyridine rings is 2. The molecule has 19 heavy (non-hydrogen) atoms. The van der Waals surface area contributed by atoms with Gasteiger partial charge in [-0.25, -0.2) is 4.98 Å². The van der Waals surface area contributed by atoms with Gasteiger partial charge in [0, 0.05) is 24.0 Å². The van der Waals surface area contributed by atoms with Gasteiger partial charge in [0.2, 0.25) is 0 Å². The van der Waals surface area contributed by atoms with Crippen molar-refractivity contribution in [3.63, 3.8) is 0 Å². The van der Waals surface area contributed by atoms with E-state index in [4.69, 9.17) is 23.2 Å². The standard InChI is InChI=1S/C13H11Cl2N3O/c1-8-2-3-9(6-16-8)7-17-13(19)10-4-11(14)18-12(15)5-10/h2-6H,7H2,1H3,(H,17,19). The number of nitrogens with one attached hydrogen (secondary N) is 1. The van der Waals surface area contributed by atoms with E-state index in [0.29, 0.717) is 12.1 Å². The van der Waals surface area contributed by atoms with Crippen LogP contribution in [-0.4, -0.2) is 15.9 Å². The average Bonchev–Trinajstić information content (AvgIpc) is 2.36. The Balaban J connectivity index is 2.03. The zero-order chi connectivity index (χ0) is 13.8. The summed E-state index contributed by atoms with van der Waals surface area (Å²) in [6.07, 6.45) is 1.72. The van der Waals surface area contributed by atoms with Crippen molar-refractivity contribution in [2.75, 3.05) is 0 Å². The summed E-state index contributed by atoms with van der Waals surface area (Å²) in [6, 6.07) is 6.74. The molecule has 0 atom stereocenters. The molecule has 4 nitrogen and oxygen atoms in total. The minimum absolute atomic E-state index is 0.189. The molecule has 98 valence electrons. The number of carbonyl (C=O) groups is 1. The number of rotatable bonds is 3. The number of hydrogen-bond acceptors (Lipinski definition) is 3. The molecule has 1 N–H and O–H groups in total. The molecule has 0 aromatic carbocycles. The lowest BCUT2D eigenvalue weighted by molar-refractivity contribution is 0.0951. The fourth-order valence-corrected chi connectivity index (χ4v) is 1.94. The molecular formula is C13H11Cl2N3O. The molecule has 0 saturated carbocycles. The van der Waals surface area contributed by atoms with Gasteiger partial charge in [-0.15, -0.1) is 0 Å². The van der Waals surface area contributed by atoms with Crippen molar-refractivity contribution in [1.82, 2.24) is 15.3 Å². The SMILES string of the molecule is Cc1ccc(CNC(=O)c2cc(Cl)nc(Cl)c2)cn1. The summed E-state index contributed by atoms with van der Waals surface area (Å²) in [7, 11) is 0. The molecule has 1 amide bonds. The van der Waals surface area contributed by atoms with Gasteiger partial charge in [0.05, 0.1) is 0 Å². The van der Waals surface area contributed by atoms with Crippen LogP contribution in [0.4, 0.5) is 0 Å². The van der Waals surface area contributed by atoms with Crippen LogP contribution < -0.4 is 5.32 Å². The Morgan fingerprint density at radius 3 is 2.53 bits per heavy atom. The highest BCUT2D eigenvalue weighted by atomic mass is 35.5. The summed E-state index contributed by atoms with van der Waals surface area (Å²) < 4.78 is 0. The minimum atomic E-state index is -0.258. The summed E-state index contributed by atoms with van der Waals surface area (Å²) in [4.78, 5) is 19.9. The van der Waals surface area contributed by atoms with Gasteiger partial charge in [-0.3, -0.25) is 9.78 Å². The van der Waals surface area contributed by atoms with Crippen LogP contribution in [0.2, 0.25) is 10.3 Å². The predicted molar refractivity (Wildman–Crippen MR) is 74.4 cm³/mol. The van der Waals surface area contributed by atoms with Crippen molar-refractivity contribution in [3.8, 4) is 0 Å². The van der Waals surface area contributed by atoms with Gasteiger partial charge in [0.1, 0.15) is 10.3 Å². The van der Waals surface area contributed by atoms with Crippen molar-refractivity contribution in [2.45, 2.75) is 13.5 Å². The molecule has 0 aliphatic heterocycles. The third-order valence-electron chi connectivity index (χ3n) is 2.45. The number of hydrogen-bond donors (Lipinski definition) is 1. The summed E-state index contributed by atoms with van der Waals surface area (Å²) in [6.45, 7) is 2.30. The molecule has 2 aromatic rings. The van der Waals surface area contributed by atoms with Gasteiger partial charge >= 0.3 is 0 Å². The molecule has 0 radical (unpaired) electrons. The van der Waals surface area contributed by atoms with Gasteiger partial charge in [-0.1, -0.05) is 29.3 Å². The van der Waals surface area contributed by atoms with E-state index in [9.17, 15) is 4.79 Å². The van der Waals surface area contributed by atoms with Crippen molar-refractivity contribution in [2.24, 2.45) is 0 Å². The van der Waals surface area contributed by atoms with Crippen LogP contribution in [0.3, 0.4) is 0 Å². The van der Waals surface area contributed by atoms with E-state index in [1.807, 2.05) is 19.1 Å². The van der Waals surface area contributed by atoms with E-state index in [-0.39, 0.29) is 16.2 Å². The second kappa shape index (κ2) is 5.99. The van der Waals surface area contributed by atoms with Crippen LogP contribution in [-0.2, 0) is 6.54 Å². The second-order valence-electron chi connectivity index (χ2n) is 3.99. The Labute approximate surface area is 120 Å². The first-order chi connectivity index (χ1) is 9.04. The minimum Gasteiger partial charge on any atom is -0.348 e. The van der Waals surface area contributed by atoms with E-state index in [0.717, 1.165) is 11.3 Å². The first kappa shape index (κ1) is 13.8. The predicted octanol–water partition coefficient (Wildman–Crippen LogP) is 3.02. The molecule has 2 heterocycles. The zero-order valence-electron chi connectivity index (χ0n) is 10.2. The maximum atomic E-state index is 11.9. The molecule has 2 aromatic heterocycles. The topological polar surface area (TPSA) is 54.9 Å². The van der Waals surface area contributed by atoms with Crippen molar-refractivity contribution < 1.29 is 4.79 Å². The number of carbonyl (C=O) groups excluding carboxylic acids is 1. The molecular weight excluding hydrogens is 285 g/mol. The molecule has 6 heteroatoms. The number of aromatic nitrogens is 2. The van der Waals surface area contributed by atoms with Crippen molar-refractivity contribution >= 4 is 29.1 Å². The second-order valence-corrected chi connectivity index (χ2v) is 4.77. The average molecular weight is 296 g/mol. The van der Waals surface area contributed by atoms with E-state index >= 15 is 0 Å². The lowest BCUT2D eigenvalue weighted by atomic mass is 10.2. The van der Waals surface area contributed by atoms with Gasteiger partial charge < -0.3 is 5.32 Å². The normalized spacial score (nSPS) is 10.3. The smallest absolute Gasteiger partial charge is 0.251 e. The fourth-order valence-electron chi connectivity index (χ4n) is 1.48. The lowest BCUT2D eigenvalue weighted by Crippen LogP contribution is -2.23. The molecule has 0 bridgehead atoms. The van der Waals surface area contributed by atoms with Gasteiger partial charge in [0.15, 0.2) is 0 Å². The van der Waals surface area contributed by atoms with Crippen molar-refractivity contribution in [3.05, 3.63) is 57.6 Å². The Kier molecular flexibility index (Phi) is 4.35. The van der Waals surface area contributed by atoms with Gasteiger partial charge in [-0.05, 0) is 30.7 Å². The van der Waals surface area contributed by atoms with E-state index in [1.54, 1.807) is 6.20 Å². The number of halogens is 2. The Morgan fingerprint density at radius 2 is 1.95 bits per heavy atom. The summed E-state index contributed by atoms with van der Waals surface area (Å²) in [5.74, 6) is -0.258. The Morgan fingerprint density at radius 1 is 1.26 bits per heavy atom. The van der Waals surface area contributed by atoms with Crippen LogP contribution >= 0.6 is 23.2 Å². The molecule has 0 aliphatic carbocycles. The third-order valence-corrected chi connectivity index (χ3v) is 2.84. The molecule has 0 saturated heterocycles. The Bertz CT molecular complexity index is 579. The summed E-state index contributed by atoms with van der Waals surface area (Å²) >= 11 is 11.5.